The Morgan fingerprint density at radius 1 is 0.900 bits per heavy atom. The van der Waals surface area contributed by atoms with Gasteiger partial charge in [-0.2, -0.15) is 0 Å². The van der Waals surface area contributed by atoms with Crippen LogP contribution in [0.2, 0.25) is 15.1 Å². The molecule has 20 heavy (non-hydrogen) atoms. The van der Waals surface area contributed by atoms with Crippen LogP contribution in [0.1, 0.15) is 10.4 Å². The van der Waals surface area contributed by atoms with Gasteiger partial charge < -0.3 is 5.11 Å². The van der Waals surface area contributed by atoms with Gasteiger partial charge in [0, 0.05) is 15.4 Å². The normalized spacial score (nSPS) is 11.2. The largest absolute Gasteiger partial charge is 0.478 e. The zero-order valence-corrected chi connectivity index (χ0v) is 12.2. The molecule has 0 spiro atoms. The molecule has 0 atom stereocenters. The summed E-state index contributed by atoms with van der Waals surface area (Å²) in [5.74, 6) is -1.04. The molecule has 0 radical (unpaired) electrons. The maximum Gasteiger partial charge on any atom is 0.336 e. The number of aromatic carboxylic acids is 1. The van der Waals surface area contributed by atoms with Crippen molar-refractivity contribution in [2.24, 2.45) is 0 Å². The second-order valence-electron chi connectivity index (χ2n) is 4.40. The second-order valence-corrected chi connectivity index (χ2v) is 5.68. The van der Waals surface area contributed by atoms with Crippen molar-refractivity contribution in [2.75, 3.05) is 0 Å². The van der Waals surface area contributed by atoms with Crippen LogP contribution in [0.5, 0.6) is 0 Å². The molecule has 3 rings (SSSR count). The van der Waals surface area contributed by atoms with E-state index in [1.807, 2.05) is 6.07 Å². The molecular formula is C15H7Cl3O2. The van der Waals surface area contributed by atoms with E-state index in [4.69, 9.17) is 34.8 Å². The van der Waals surface area contributed by atoms with Crippen molar-refractivity contribution in [1.29, 1.82) is 0 Å². The van der Waals surface area contributed by atoms with E-state index in [0.717, 1.165) is 10.8 Å². The highest BCUT2D eigenvalue weighted by Gasteiger charge is 2.15. The summed E-state index contributed by atoms with van der Waals surface area (Å²) in [7, 11) is 0. The van der Waals surface area contributed by atoms with Crippen LogP contribution in [0.4, 0.5) is 0 Å². The van der Waals surface area contributed by atoms with E-state index in [9.17, 15) is 9.90 Å². The Hall–Kier alpha value is -1.48. The SMILES string of the molecule is O=C(O)c1cc2cc(Cl)ccc2c2cc(Cl)cc(Cl)c12. The number of halogens is 3. The zero-order valence-electron chi connectivity index (χ0n) is 9.95. The summed E-state index contributed by atoms with van der Waals surface area (Å²) >= 11 is 18.2. The number of carboxylic acids is 1. The first-order chi connectivity index (χ1) is 9.47. The minimum Gasteiger partial charge on any atom is -0.478 e. The predicted octanol–water partition coefficient (Wildman–Crippen LogP) is 5.65. The first-order valence-electron chi connectivity index (χ1n) is 5.71. The van der Waals surface area contributed by atoms with Crippen molar-refractivity contribution in [3.05, 3.63) is 57.0 Å². The van der Waals surface area contributed by atoms with Gasteiger partial charge in [-0.3, -0.25) is 0 Å². The van der Waals surface area contributed by atoms with Crippen molar-refractivity contribution in [3.8, 4) is 0 Å². The highest BCUT2D eigenvalue weighted by molar-refractivity contribution is 6.41. The fourth-order valence-corrected chi connectivity index (χ4v) is 3.13. The molecule has 0 heterocycles. The zero-order chi connectivity index (χ0) is 14.4. The van der Waals surface area contributed by atoms with Crippen molar-refractivity contribution in [2.45, 2.75) is 0 Å². The maximum absolute atomic E-state index is 11.5. The topological polar surface area (TPSA) is 37.3 Å². The van der Waals surface area contributed by atoms with E-state index < -0.39 is 5.97 Å². The molecule has 0 aliphatic carbocycles. The third-order valence-electron chi connectivity index (χ3n) is 3.16. The van der Waals surface area contributed by atoms with Crippen LogP contribution in [0.15, 0.2) is 36.4 Å². The van der Waals surface area contributed by atoms with Gasteiger partial charge in [0.1, 0.15) is 0 Å². The summed E-state index contributed by atoms with van der Waals surface area (Å²) in [6.07, 6.45) is 0. The van der Waals surface area contributed by atoms with Crippen LogP contribution in [0, 0.1) is 0 Å². The molecule has 0 saturated carbocycles. The third-order valence-corrected chi connectivity index (χ3v) is 3.91. The first kappa shape index (κ1) is 13.5. The molecule has 0 aromatic heterocycles. The van der Waals surface area contributed by atoms with Crippen molar-refractivity contribution in [3.63, 3.8) is 0 Å². The van der Waals surface area contributed by atoms with Crippen LogP contribution in [0.3, 0.4) is 0 Å². The Balaban J connectivity index is 2.62. The number of hydrogen-bond acceptors (Lipinski definition) is 1. The predicted molar refractivity (Wildman–Crippen MR) is 83.4 cm³/mol. The monoisotopic (exact) mass is 324 g/mol. The molecule has 0 amide bonds. The number of fused-ring (bicyclic) bond motifs is 3. The Labute approximate surface area is 129 Å². The number of benzene rings is 3. The summed E-state index contributed by atoms with van der Waals surface area (Å²) in [6, 6.07) is 10.1. The number of rotatable bonds is 1. The molecule has 0 aliphatic heterocycles. The molecule has 2 nitrogen and oxygen atoms in total. The minimum absolute atomic E-state index is 0.136. The van der Waals surface area contributed by atoms with Crippen molar-refractivity contribution < 1.29 is 9.90 Å². The molecule has 3 aromatic carbocycles. The van der Waals surface area contributed by atoms with E-state index >= 15 is 0 Å². The van der Waals surface area contributed by atoms with Gasteiger partial charge >= 0.3 is 5.97 Å². The smallest absolute Gasteiger partial charge is 0.336 e. The molecule has 5 heteroatoms. The highest BCUT2D eigenvalue weighted by atomic mass is 35.5. The van der Waals surface area contributed by atoms with Crippen LogP contribution < -0.4 is 0 Å². The van der Waals surface area contributed by atoms with Gasteiger partial charge in [-0.05, 0) is 46.5 Å². The van der Waals surface area contributed by atoms with Gasteiger partial charge in [0.25, 0.3) is 0 Å². The minimum atomic E-state index is -1.04. The summed E-state index contributed by atoms with van der Waals surface area (Å²) < 4.78 is 0. The summed E-state index contributed by atoms with van der Waals surface area (Å²) in [4.78, 5) is 11.5. The molecule has 100 valence electrons. The standard InChI is InChI=1S/C15H7Cl3O2/c16-8-1-2-10-7(3-8)4-12(15(19)20)14-11(10)5-9(17)6-13(14)18/h1-6H,(H,19,20). The average Bonchev–Trinajstić information content (AvgIpc) is 2.36. The fourth-order valence-electron chi connectivity index (χ4n) is 2.35. The Morgan fingerprint density at radius 2 is 1.65 bits per heavy atom. The molecule has 0 fully saturated rings. The van der Waals surface area contributed by atoms with Gasteiger partial charge in [-0.25, -0.2) is 4.79 Å². The van der Waals surface area contributed by atoms with Gasteiger partial charge in [-0.1, -0.05) is 40.9 Å². The van der Waals surface area contributed by atoms with E-state index in [0.29, 0.717) is 25.8 Å². The lowest BCUT2D eigenvalue weighted by Gasteiger charge is -2.10. The lowest BCUT2D eigenvalue weighted by Crippen LogP contribution is -1.98. The Kier molecular flexibility index (Phi) is 3.25. The van der Waals surface area contributed by atoms with Gasteiger partial charge in [0.15, 0.2) is 0 Å². The summed E-state index contributed by atoms with van der Waals surface area (Å²) in [5.41, 5.74) is 0.136. The van der Waals surface area contributed by atoms with E-state index in [1.165, 1.54) is 0 Å². The molecule has 0 saturated heterocycles. The summed E-state index contributed by atoms with van der Waals surface area (Å²) in [5, 5.41) is 13.5. The Morgan fingerprint density at radius 3 is 2.35 bits per heavy atom. The van der Waals surface area contributed by atoms with E-state index in [1.54, 1.807) is 30.3 Å². The van der Waals surface area contributed by atoms with E-state index in [-0.39, 0.29) is 5.56 Å². The molecule has 3 aromatic rings. The average molecular weight is 326 g/mol. The van der Waals surface area contributed by atoms with Crippen molar-refractivity contribution >= 4 is 62.3 Å². The van der Waals surface area contributed by atoms with Gasteiger partial charge in [0.05, 0.1) is 10.6 Å². The molecule has 0 aliphatic rings. The van der Waals surface area contributed by atoms with Gasteiger partial charge in [0.2, 0.25) is 0 Å². The van der Waals surface area contributed by atoms with Crippen LogP contribution in [0.25, 0.3) is 21.5 Å². The fraction of sp³-hybridized carbons (Fsp3) is 0. The van der Waals surface area contributed by atoms with E-state index in [2.05, 4.69) is 0 Å². The maximum atomic E-state index is 11.5. The van der Waals surface area contributed by atoms with Crippen LogP contribution in [-0.4, -0.2) is 11.1 Å². The molecule has 0 unspecified atom stereocenters. The van der Waals surface area contributed by atoms with Crippen molar-refractivity contribution in [1.82, 2.24) is 0 Å². The lowest BCUT2D eigenvalue weighted by molar-refractivity contribution is 0.0699. The lowest BCUT2D eigenvalue weighted by atomic mass is 9.97. The van der Waals surface area contributed by atoms with Gasteiger partial charge in [-0.15, -0.1) is 0 Å². The molecular weight excluding hydrogens is 319 g/mol. The quantitative estimate of drug-likeness (QED) is 0.587. The highest BCUT2D eigenvalue weighted by Crippen LogP contribution is 2.36. The molecule has 1 N–H and O–H groups in total. The number of carboxylic acid groups (broad SMARTS) is 1. The third kappa shape index (κ3) is 2.10. The summed E-state index contributed by atoms with van der Waals surface area (Å²) in [6.45, 7) is 0. The second kappa shape index (κ2) is 4.81. The van der Waals surface area contributed by atoms with Crippen LogP contribution in [-0.2, 0) is 0 Å². The Bertz CT molecular complexity index is 872. The number of carbonyl (C=O) groups is 1. The first-order valence-corrected chi connectivity index (χ1v) is 6.85. The molecule has 0 bridgehead atoms. The number of hydrogen-bond donors (Lipinski definition) is 1. The van der Waals surface area contributed by atoms with Crippen LogP contribution >= 0.6 is 34.8 Å².